The zero-order valence-electron chi connectivity index (χ0n) is 18.3. The number of hydrogen-bond acceptors (Lipinski definition) is 7. The minimum absolute atomic E-state index is 0.320. The summed E-state index contributed by atoms with van der Waals surface area (Å²) in [4.78, 5) is 14.3. The van der Waals surface area contributed by atoms with E-state index in [2.05, 4.69) is 26.3 Å². The third kappa shape index (κ3) is 3.68. The lowest BCUT2D eigenvalue weighted by Gasteiger charge is -2.23. The van der Waals surface area contributed by atoms with Gasteiger partial charge in [-0.25, -0.2) is 9.97 Å². The van der Waals surface area contributed by atoms with Gasteiger partial charge in [0.05, 0.1) is 24.4 Å². The number of rotatable bonds is 5. The summed E-state index contributed by atoms with van der Waals surface area (Å²) >= 11 is 0. The van der Waals surface area contributed by atoms with Crippen LogP contribution in [-0.4, -0.2) is 45.8 Å². The summed E-state index contributed by atoms with van der Waals surface area (Å²) < 4.78 is 13.0. The number of piperidine rings is 1. The molecule has 5 aromatic rings. The maximum absolute atomic E-state index is 5.52. The Hall–Kier alpha value is -3.91. The normalized spacial score (nSPS) is 16.3. The van der Waals surface area contributed by atoms with Crippen molar-refractivity contribution in [1.29, 1.82) is 0 Å². The monoisotopic (exact) mass is 440 g/mol. The number of nitrogens with one attached hydrogen (secondary N) is 2. The molecule has 0 spiro atoms. The van der Waals surface area contributed by atoms with Crippen LogP contribution in [0.15, 0.2) is 65.4 Å². The summed E-state index contributed by atoms with van der Waals surface area (Å²) in [7, 11) is 1.66. The summed E-state index contributed by atoms with van der Waals surface area (Å²) in [6.07, 6.45) is 5.74. The number of methoxy groups -OCH3 is 1. The highest BCUT2D eigenvalue weighted by atomic mass is 16.5. The molecule has 1 aliphatic heterocycles. The molecule has 1 saturated heterocycles. The van der Waals surface area contributed by atoms with Gasteiger partial charge in [0.1, 0.15) is 23.0 Å². The molecule has 0 aliphatic carbocycles. The van der Waals surface area contributed by atoms with Gasteiger partial charge < -0.3 is 19.8 Å². The number of furan rings is 1. The van der Waals surface area contributed by atoms with Crippen LogP contribution in [0.1, 0.15) is 12.8 Å². The van der Waals surface area contributed by atoms with Gasteiger partial charge in [-0.2, -0.15) is 4.98 Å². The highest BCUT2D eigenvalue weighted by molar-refractivity contribution is 5.87. The van der Waals surface area contributed by atoms with Crippen molar-refractivity contribution in [2.75, 3.05) is 25.5 Å². The lowest BCUT2D eigenvalue weighted by atomic mass is 10.1. The minimum Gasteiger partial charge on any atom is -0.497 e. The van der Waals surface area contributed by atoms with Crippen molar-refractivity contribution in [2.24, 2.45) is 0 Å². The van der Waals surface area contributed by atoms with Crippen molar-refractivity contribution >= 4 is 28.0 Å². The van der Waals surface area contributed by atoms with Crippen LogP contribution in [0, 0.1) is 0 Å². The number of hydrogen-bond donors (Lipinski definition) is 2. The van der Waals surface area contributed by atoms with E-state index >= 15 is 0 Å². The Morgan fingerprint density at radius 2 is 2.09 bits per heavy atom. The van der Waals surface area contributed by atoms with Crippen molar-refractivity contribution in [1.82, 2.24) is 24.8 Å². The van der Waals surface area contributed by atoms with Gasteiger partial charge in [0.15, 0.2) is 0 Å². The van der Waals surface area contributed by atoms with Crippen LogP contribution in [0.4, 0.5) is 5.95 Å². The van der Waals surface area contributed by atoms with Crippen LogP contribution in [0.3, 0.4) is 0 Å². The van der Waals surface area contributed by atoms with E-state index in [-0.39, 0.29) is 0 Å². The third-order valence-corrected chi connectivity index (χ3v) is 6.07. The van der Waals surface area contributed by atoms with Gasteiger partial charge in [0, 0.05) is 35.8 Å². The molecule has 1 atom stereocenters. The van der Waals surface area contributed by atoms with Crippen molar-refractivity contribution in [2.45, 2.75) is 18.9 Å². The molecule has 1 unspecified atom stereocenters. The van der Waals surface area contributed by atoms with Crippen LogP contribution in [0.5, 0.6) is 5.75 Å². The number of nitrogens with zero attached hydrogens (tertiary/aromatic N) is 4. The van der Waals surface area contributed by atoms with Crippen LogP contribution < -0.4 is 15.4 Å². The highest BCUT2D eigenvalue weighted by Gasteiger charge is 2.18. The summed E-state index contributed by atoms with van der Waals surface area (Å²) in [5.74, 6) is 2.93. The first-order chi connectivity index (χ1) is 16.3. The first kappa shape index (κ1) is 19.8. The summed E-state index contributed by atoms with van der Waals surface area (Å²) in [6, 6.07) is 16.2. The Balaban J connectivity index is 1.49. The smallest absolute Gasteiger partial charge is 0.224 e. The number of anilines is 1. The van der Waals surface area contributed by atoms with Gasteiger partial charge >= 0.3 is 0 Å². The van der Waals surface area contributed by atoms with Gasteiger partial charge in [0.25, 0.3) is 0 Å². The molecule has 0 saturated carbocycles. The van der Waals surface area contributed by atoms with Crippen LogP contribution in [0.2, 0.25) is 0 Å². The second kappa shape index (κ2) is 8.22. The molecule has 8 nitrogen and oxygen atoms in total. The molecule has 0 radical (unpaired) electrons. The molecule has 0 bridgehead atoms. The van der Waals surface area contributed by atoms with E-state index < -0.39 is 0 Å². The molecule has 6 rings (SSSR count). The largest absolute Gasteiger partial charge is 0.497 e. The third-order valence-electron chi connectivity index (χ3n) is 6.07. The molecule has 2 aromatic carbocycles. The van der Waals surface area contributed by atoms with Gasteiger partial charge in [-0.05, 0) is 61.9 Å². The fourth-order valence-electron chi connectivity index (χ4n) is 4.42. The summed E-state index contributed by atoms with van der Waals surface area (Å²) in [5.41, 5.74) is 3.60. The molecular weight excluding hydrogens is 416 g/mol. The van der Waals surface area contributed by atoms with Gasteiger partial charge in [-0.15, -0.1) is 0 Å². The van der Waals surface area contributed by atoms with Crippen molar-refractivity contribution in [3.05, 3.63) is 61.0 Å². The molecule has 1 aliphatic rings. The standard InChI is InChI=1S/C25H24N6O2/c1-32-19-5-6-21-20(14-19)29-24(17-4-7-22-16(13-17)9-12-33-22)31(21)23-8-11-27-25(30-23)28-18-3-2-10-26-15-18/h4-9,11-14,18,26H,2-3,10,15H2,1H3,(H,27,28,30). The molecule has 1 fully saturated rings. The summed E-state index contributed by atoms with van der Waals surface area (Å²) in [6.45, 7) is 1.98. The van der Waals surface area contributed by atoms with Gasteiger partial charge in [-0.3, -0.25) is 4.57 Å². The summed E-state index contributed by atoms with van der Waals surface area (Å²) in [5, 5.41) is 7.93. The Labute approximate surface area is 190 Å². The van der Waals surface area contributed by atoms with Crippen molar-refractivity contribution in [3.8, 4) is 23.0 Å². The minimum atomic E-state index is 0.320. The molecule has 4 heterocycles. The Morgan fingerprint density at radius 3 is 2.97 bits per heavy atom. The van der Waals surface area contributed by atoms with Gasteiger partial charge in [-0.1, -0.05) is 0 Å². The van der Waals surface area contributed by atoms with Gasteiger partial charge in [0.2, 0.25) is 5.95 Å². The molecule has 0 amide bonds. The van der Waals surface area contributed by atoms with E-state index in [0.717, 1.165) is 70.9 Å². The average molecular weight is 441 g/mol. The number of aromatic nitrogens is 4. The number of benzene rings is 2. The zero-order chi connectivity index (χ0) is 22.2. The Bertz CT molecular complexity index is 1430. The maximum Gasteiger partial charge on any atom is 0.224 e. The molecule has 33 heavy (non-hydrogen) atoms. The Kier molecular flexibility index (Phi) is 4.92. The predicted octanol–water partition coefficient (Wildman–Crippen LogP) is 4.40. The van der Waals surface area contributed by atoms with E-state index in [4.69, 9.17) is 19.1 Å². The first-order valence-electron chi connectivity index (χ1n) is 11.1. The Morgan fingerprint density at radius 1 is 1.12 bits per heavy atom. The topological polar surface area (TPSA) is 90.0 Å². The van der Waals surface area contributed by atoms with E-state index in [1.165, 1.54) is 0 Å². The highest BCUT2D eigenvalue weighted by Crippen LogP contribution is 2.32. The van der Waals surface area contributed by atoms with Crippen molar-refractivity contribution in [3.63, 3.8) is 0 Å². The molecule has 3 aromatic heterocycles. The molecular formula is C25H24N6O2. The van der Waals surface area contributed by atoms with E-state index in [1.807, 2.05) is 42.5 Å². The van der Waals surface area contributed by atoms with Crippen LogP contribution in [0.25, 0.3) is 39.2 Å². The predicted molar refractivity (Wildman–Crippen MR) is 128 cm³/mol. The lowest BCUT2D eigenvalue weighted by molar-refractivity contribution is 0.415. The van der Waals surface area contributed by atoms with Crippen LogP contribution >= 0.6 is 0 Å². The van der Waals surface area contributed by atoms with E-state index in [0.29, 0.717) is 12.0 Å². The quantitative estimate of drug-likeness (QED) is 0.419. The molecule has 166 valence electrons. The first-order valence-corrected chi connectivity index (χ1v) is 11.1. The number of fused-ring (bicyclic) bond motifs is 2. The van der Waals surface area contributed by atoms with Crippen molar-refractivity contribution < 1.29 is 9.15 Å². The maximum atomic E-state index is 5.52. The zero-order valence-corrected chi connectivity index (χ0v) is 18.3. The molecule has 2 N–H and O–H groups in total. The number of imidazole rings is 1. The number of ether oxygens (including phenoxy) is 1. The molecule has 8 heteroatoms. The van der Waals surface area contributed by atoms with Crippen LogP contribution in [-0.2, 0) is 0 Å². The van der Waals surface area contributed by atoms with E-state index in [9.17, 15) is 0 Å². The average Bonchev–Trinajstić information content (AvgIpc) is 3.48. The van der Waals surface area contributed by atoms with E-state index in [1.54, 1.807) is 19.6 Å². The fourth-order valence-corrected chi connectivity index (χ4v) is 4.42. The second-order valence-electron chi connectivity index (χ2n) is 8.22. The SMILES string of the molecule is COc1ccc2c(c1)nc(-c1ccc3occc3c1)n2-c1ccnc(NC2CCCNC2)n1. The fraction of sp³-hybridized carbons (Fsp3) is 0.240. The second-order valence-corrected chi connectivity index (χ2v) is 8.22. The lowest BCUT2D eigenvalue weighted by Crippen LogP contribution is -2.38.